The molecule has 0 unspecified atom stereocenters. The number of carbonyl (C=O) groups is 3. The third kappa shape index (κ3) is 4.02. The summed E-state index contributed by atoms with van der Waals surface area (Å²) in [4.78, 5) is 36.6. The summed E-state index contributed by atoms with van der Waals surface area (Å²) in [6.45, 7) is 8.88. The Bertz CT molecular complexity index is 622. The van der Waals surface area contributed by atoms with Gasteiger partial charge in [-0.05, 0) is 23.5 Å². The van der Waals surface area contributed by atoms with Crippen LogP contribution < -0.4 is 0 Å². The summed E-state index contributed by atoms with van der Waals surface area (Å²) in [6, 6.07) is 7.67. The van der Waals surface area contributed by atoms with E-state index in [9.17, 15) is 14.4 Å². The van der Waals surface area contributed by atoms with Crippen LogP contribution >= 0.6 is 0 Å². The number of ether oxygens (including phenoxy) is 2. The van der Waals surface area contributed by atoms with Gasteiger partial charge in [-0.1, -0.05) is 45.0 Å². The molecule has 0 N–H and O–H groups in total. The molecule has 0 radical (unpaired) electrons. The van der Waals surface area contributed by atoms with Gasteiger partial charge in [0.15, 0.2) is 5.78 Å². The number of carbonyl (C=O) groups excluding carboxylic acids is 3. The van der Waals surface area contributed by atoms with Gasteiger partial charge in [-0.3, -0.25) is 14.4 Å². The van der Waals surface area contributed by atoms with Crippen LogP contribution in [0.4, 0.5) is 0 Å². The van der Waals surface area contributed by atoms with Gasteiger partial charge in [0.25, 0.3) is 5.79 Å². The molecule has 0 aliphatic carbocycles. The van der Waals surface area contributed by atoms with E-state index in [1.54, 1.807) is 6.92 Å². The molecule has 1 atom stereocenters. The molecule has 1 saturated heterocycles. The maximum absolute atomic E-state index is 12.6. The van der Waals surface area contributed by atoms with Crippen molar-refractivity contribution < 1.29 is 23.9 Å². The second-order valence-corrected chi connectivity index (χ2v) is 7.14. The fourth-order valence-electron chi connectivity index (χ4n) is 2.78. The van der Waals surface area contributed by atoms with Crippen molar-refractivity contribution >= 4 is 17.7 Å². The number of esters is 2. The van der Waals surface area contributed by atoms with Gasteiger partial charge in [0.05, 0.1) is 0 Å². The number of cyclic esters (lactones) is 2. The van der Waals surface area contributed by atoms with E-state index in [4.69, 9.17) is 9.47 Å². The second kappa shape index (κ2) is 6.75. The molecule has 1 aromatic rings. The van der Waals surface area contributed by atoms with Crippen LogP contribution in [0.15, 0.2) is 24.3 Å². The van der Waals surface area contributed by atoms with Crippen molar-refractivity contribution in [1.82, 2.24) is 0 Å². The maximum atomic E-state index is 12.6. The summed E-state index contributed by atoms with van der Waals surface area (Å²) in [7, 11) is 0. The van der Waals surface area contributed by atoms with E-state index >= 15 is 0 Å². The molecule has 0 aromatic heterocycles. The average molecular weight is 332 g/mol. The van der Waals surface area contributed by atoms with E-state index < -0.39 is 35.3 Å². The average Bonchev–Trinajstić information content (AvgIpc) is 2.44. The van der Waals surface area contributed by atoms with Crippen molar-refractivity contribution in [1.29, 1.82) is 0 Å². The monoisotopic (exact) mass is 332 g/mol. The molecule has 130 valence electrons. The van der Waals surface area contributed by atoms with Gasteiger partial charge >= 0.3 is 11.9 Å². The minimum absolute atomic E-state index is 0.503. The molecule has 0 saturated carbocycles. The molecule has 0 bridgehead atoms. The first-order chi connectivity index (χ1) is 11.1. The molecule has 1 fully saturated rings. The first kappa shape index (κ1) is 18.2. The zero-order valence-electron chi connectivity index (χ0n) is 14.8. The van der Waals surface area contributed by atoms with Crippen molar-refractivity contribution in [3.8, 4) is 0 Å². The number of hydrogen-bond donors (Lipinski definition) is 0. The molecule has 1 aliphatic heterocycles. The van der Waals surface area contributed by atoms with Crippen LogP contribution in [0, 0.1) is 11.8 Å². The molecule has 1 aromatic carbocycles. The van der Waals surface area contributed by atoms with Crippen molar-refractivity contribution in [3.63, 3.8) is 0 Å². The fraction of sp³-hybridized carbons (Fsp3) is 0.526. The van der Waals surface area contributed by atoms with Gasteiger partial charge in [0, 0.05) is 19.8 Å². The van der Waals surface area contributed by atoms with E-state index in [2.05, 4.69) is 13.8 Å². The molecule has 0 spiro atoms. The highest BCUT2D eigenvalue weighted by Crippen LogP contribution is 2.28. The Morgan fingerprint density at radius 2 is 1.54 bits per heavy atom. The van der Waals surface area contributed by atoms with Crippen molar-refractivity contribution in [2.45, 2.75) is 52.7 Å². The van der Waals surface area contributed by atoms with Crippen molar-refractivity contribution in [3.05, 3.63) is 35.4 Å². The Hall–Kier alpha value is -2.17. The summed E-state index contributed by atoms with van der Waals surface area (Å²) in [6.07, 6.45) is 0.957. The third-order valence-electron chi connectivity index (χ3n) is 4.00. The predicted octanol–water partition coefficient (Wildman–Crippen LogP) is 3.01. The molecular weight excluding hydrogens is 308 g/mol. The van der Waals surface area contributed by atoms with E-state index in [-0.39, 0.29) is 0 Å². The number of rotatable bonds is 5. The summed E-state index contributed by atoms with van der Waals surface area (Å²) in [5, 5.41) is 0. The summed E-state index contributed by atoms with van der Waals surface area (Å²) in [5.74, 6) is -5.07. The number of benzene rings is 1. The molecule has 0 amide bonds. The molecule has 2 rings (SSSR count). The van der Waals surface area contributed by atoms with Crippen LogP contribution in [0.2, 0.25) is 0 Å². The quantitative estimate of drug-likeness (QED) is 0.612. The van der Waals surface area contributed by atoms with Crippen LogP contribution in [0.5, 0.6) is 0 Å². The molecule has 1 aliphatic rings. The van der Waals surface area contributed by atoms with E-state index in [1.165, 1.54) is 19.4 Å². The van der Waals surface area contributed by atoms with Crippen LogP contribution in [-0.4, -0.2) is 23.5 Å². The number of Topliss-reactive ketones (excluding diaryl/α,β-unsaturated/α-hetero) is 1. The van der Waals surface area contributed by atoms with Crippen LogP contribution in [-0.2, 0) is 30.3 Å². The Labute approximate surface area is 142 Å². The summed E-state index contributed by atoms with van der Waals surface area (Å²) >= 11 is 0. The van der Waals surface area contributed by atoms with Gasteiger partial charge in [0.2, 0.25) is 5.92 Å². The van der Waals surface area contributed by atoms with Crippen LogP contribution in [0.25, 0.3) is 0 Å². The highest BCUT2D eigenvalue weighted by Gasteiger charge is 2.48. The van der Waals surface area contributed by atoms with Gasteiger partial charge in [-0.25, -0.2) is 0 Å². The van der Waals surface area contributed by atoms with Crippen LogP contribution in [0.1, 0.15) is 51.7 Å². The minimum Gasteiger partial charge on any atom is -0.422 e. The number of hydrogen-bond acceptors (Lipinski definition) is 5. The zero-order valence-corrected chi connectivity index (χ0v) is 14.8. The highest BCUT2D eigenvalue weighted by molar-refractivity contribution is 6.17. The Balaban J connectivity index is 2.14. The Kier molecular flexibility index (Phi) is 5.11. The van der Waals surface area contributed by atoms with E-state index in [0.29, 0.717) is 5.92 Å². The van der Waals surface area contributed by atoms with E-state index in [0.717, 1.165) is 12.0 Å². The highest BCUT2D eigenvalue weighted by atomic mass is 16.7. The van der Waals surface area contributed by atoms with Crippen molar-refractivity contribution in [2.24, 2.45) is 11.8 Å². The van der Waals surface area contributed by atoms with Gasteiger partial charge < -0.3 is 9.47 Å². The summed E-state index contributed by atoms with van der Waals surface area (Å²) < 4.78 is 10.0. The molecule has 5 heteroatoms. The largest absolute Gasteiger partial charge is 0.422 e. The summed E-state index contributed by atoms with van der Waals surface area (Å²) in [5.41, 5.74) is 1.95. The predicted molar refractivity (Wildman–Crippen MR) is 88.2 cm³/mol. The second-order valence-electron chi connectivity index (χ2n) is 7.14. The lowest BCUT2D eigenvalue weighted by Gasteiger charge is -2.33. The van der Waals surface area contributed by atoms with E-state index in [1.807, 2.05) is 24.3 Å². The zero-order chi connectivity index (χ0) is 18.1. The molecule has 5 nitrogen and oxygen atoms in total. The number of ketones is 1. The van der Waals surface area contributed by atoms with Crippen LogP contribution in [0.3, 0.4) is 0 Å². The first-order valence-electron chi connectivity index (χ1n) is 8.19. The third-order valence-corrected chi connectivity index (χ3v) is 4.00. The molecule has 24 heavy (non-hydrogen) atoms. The minimum atomic E-state index is -1.51. The smallest absolute Gasteiger partial charge is 0.331 e. The maximum Gasteiger partial charge on any atom is 0.331 e. The lowest BCUT2D eigenvalue weighted by molar-refractivity contribution is -0.238. The lowest BCUT2D eigenvalue weighted by Crippen LogP contribution is -2.49. The Morgan fingerprint density at radius 3 is 2.00 bits per heavy atom. The molecule has 1 heterocycles. The normalized spacial score (nSPS) is 18.9. The SMILES string of the molecule is CC(C)Cc1ccc([C@@H](C)C(=O)C2C(=O)OC(C)(C)OC2=O)cc1. The van der Waals surface area contributed by atoms with Gasteiger partial charge in [-0.15, -0.1) is 0 Å². The van der Waals surface area contributed by atoms with Gasteiger partial charge in [0.1, 0.15) is 0 Å². The lowest BCUT2D eigenvalue weighted by atomic mass is 9.87. The fourth-order valence-corrected chi connectivity index (χ4v) is 2.78. The topological polar surface area (TPSA) is 69.7 Å². The molecular formula is C19H24O5. The Morgan fingerprint density at radius 1 is 1.04 bits per heavy atom. The first-order valence-corrected chi connectivity index (χ1v) is 8.19. The van der Waals surface area contributed by atoms with Gasteiger partial charge in [-0.2, -0.15) is 0 Å². The van der Waals surface area contributed by atoms with Crippen molar-refractivity contribution in [2.75, 3.05) is 0 Å². The standard InChI is InChI=1S/C19H24O5/c1-11(2)10-13-6-8-14(9-7-13)12(3)16(20)15-17(21)23-19(4,5)24-18(15)22/h6-9,11-12,15H,10H2,1-5H3/t12-/m1/s1.